The largest absolute Gasteiger partial charge is 0.493 e. The fraction of sp³-hybridized carbons (Fsp3) is 0.240. The van der Waals surface area contributed by atoms with E-state index in [4.69, 9.17) is 19.6 Å². The minimum atomic E-state index is -0.577. The summed E-state index contributed by atoms with van der Waals surface area (Å²) in [5.41, 5.74) is 8.13. The number of pyridine rings is 1. The Hall–Kier alpha value is -4.07. The van der Waals surface area contributed by atoms with E-state index in [2.05, 4.69) is 15.3 Å². The Morgan fingerprint density at radius 3 is 2.79 bits per heavy atom. The Labute approximate surface area is 190 Å². The van der Waals surface area contributed by atoms with Gasteiger partial charge >= 0.3 is 6.03 Å². The van der Waals surface area contributed by atoms with E-state index >= 15 is 0 Å². The number of carbonyl (C=O) groups excluding carboxylic acids is 1. The summed E-state index contributed by atoms with van der Waals surface area (Å²) in [5, 5.41) is 2.65. The van der Waals surface area contributed by atoms with Gasteiger partial charge in [0.25, 0.3) is 0 Å². The maximum Gasteiger partial charge on any atom is 0.312 e. The Morgan fingerprint density at radius 1 is 1.18 bits per heavy atom. The van der Waals surface area contributed by atoms with Crippen molar-refractivity contribution in [1.29, 1.82) is 0 Å². The first-order chi connectivity index (χ1) is 16.0. The summed E-state index contributed by atoms with van der Waals surface area (Å²) in [7, 11) is 0. The summed E-state index contributed by atoms with van der Waals surface area (Å²) < 4.78 is 17.6. The lowest BCUT2D eigenvalue weighted by atomic mass is 10.1. The molecule has 1 atom stereocenters. The first-order valence-corrected chi connectivity index (χ1v) is 10.9. The van der Waals surface area contributed by atoms with Crippen LogP contribution in [0.1, 0.15) is 31.4 Å². The zero-order valence-electron chi connectivity index (χ0n) is 18.2. The number of hydrogen-bond donors (Lipinski definition) is 2. The summed E-state index contributed by atoms with van der Waals surface area (Å²) in [4.78, 5) is 20.0. The number of oxazole rings is 1. The number of ether oxygens (including phenoxy) is 2. The summed E-state index contributed by atoms with van der Waals surface area (Å²) in [6.45, 7) is 2.60. The molecule has 8 heteroatoms. The number of rotatable bonds is 8. The number of benzene rings is 2. The van der Waals surface area contributed by atoms with Crippen molar-refractivity contribution in [3.8, 4) is 28.8 Å². The summed E-state index contributed by atoms with van der Waals surface area (Å²) >= 11 is 0. The van der Waals surface area contributed by atoms with Gasteiger partial charge in [-0.3, -0.25) is 0 Å². The number of carbonyl (C=O) groups is 1. The molecular weight excluding hydrogens is 420 g/mol. The molecule has 0 spiro atoms. The van der Waals surface area contributed by atoms with E-state index in [1.807, 2.05) is 55.5 Å². The van der Waals surface area contributed by atoms with Gasteiger partial charge in [0.05, 0.1) is 18.2 Å². The molecule has 8 nitrogen and oxygen atoms in total. The van der Waals surface area contributed by atoms with Crippen LogP contribution in [0.5, 0.6) is 17.4 Å². The third-order valence-corrected chi connectivity index (χ3v) is 5.47. The Morgan fingerprint density at radius 2 is 2.03 bits per heavy atom. The fourth-order valence-electron chi connectivity index (χ4n) is 3.44. The predicted molar refractivity (Wildman–Crippen MR) is 123 cm³/mol. The summed E-state index contributed by atoms with van der Waals surface area (Å²) in [6, 6.07) is 15.9. The van der Waals surface area contributed by atoms with Crippen LogP contribution >= 0.6 is 0 Å². The number of nitrogens with one attached hydrogen (secondary N) is 1. The lowest BCUT2D eigenvalue weighted by Gasteiger charge is -2.11. The van der Waals surface area contributed by atoms with Crippen molar-refractivity contribution in [3.63, 3.8) is 0 Å². The molecule has 2 heterocycles. The topological polar surface area (TPSA) is 112 Å². The summed E-state index contributed by atoms with van der Waals surface area (Å²) in [5.74, 6) is 3.06. The van der Waals surface area contributed by atoms with Gasteiger partial charge in [-0.05, 0) is 61.6 Å². The molecule has 168 valence electrons. The molecule has 33 heavy (non-hydrogen) atoms. The number of aromatic nitrogens is 2. The Balaban J connectivity index is 1.29. The number of primary amides is 1. The minimum Gasteiger partial charge on any atom is -0.493 e. The van der Waals surface area contributed by atoms with Crippen LogP contribution < -0.4 is 20.5 Å². The molecule has 0 saturated heterocycles. The van der Waals surface area contributed by atoms with Crippen LogP contribution in [-0.4, -0.2) is 22.6 Å². The van der Waals surface area contributed by atoms with Crippen molar-refractivity contribution >= 4 is 17.1 Å². The van der Waals surface area contributed by atoms with Gasteiger partial charge in [-0.25, -0.2) is 14.8 Å². The van der Waals surface area contributed by atoms with E-state index in [1.54, 1.807) is 12.3 Å². The van der Waals surface area contributed by atoms with E-state index in [0.717, 1.165) is 23.5 Å². The molecule has 0 radical (unpaired) electrons. The molecule has 3 N–H and O–H groups in total. The molecule has 2 amide bonds. The van der Waals surface area contributed by atoms with E-state index in [1.165, 1.54) is 12.8 Å². The van der Waals surface area contributed by atoms with E-state index in [0.29, 0.717) is 34.5 Å². The maximum absolute atomic E-state index is 11.1. The predicted octanol–water partition coefficient (Wildman–Crippen LogP) is 5.20. The van der Waals surface area contributed by atoms with Crippen molar-refractivity contribution in [2.24, 2.45) is 11.7 Å². The van der Waals surface area contributed by atoms with Crippen molar-refractivity contribution < 1.29 is 18.7 Å². The van der Waals surface area contributed by atoms with Gasteiger partial charge in [-0.2, -0.15) is 0 Å². The zero-order chi connectivity index (χ0) is 22.8. The third-order valence-electron chi connectivity index (χ3n) is 5.47. The van der Waals surface area contributed by atoms with Gasteiger partial charge in [0, 0.05) is 18.3 Å². The van der Waals surface area contributed by atoms with Crippen LogP contribution in [0.25, 0.3) is 22.6 Å². The quantitative estimate of drug-likeness (QED) is 0.386. The van der Waals surface area contributed by atoms with Crippen LogP contribution in [-0.2, 0) is 0 Å². The van der Waals surface area contributed by atoms with E-state index in [9.17, 15) is 4.79 Å². The van der Waals surface area contributed by atoms with Crippen molar-refractivity contribution in [3.05, 3.63) is 66.4 Å². The highest BCUT2D eigenvalue weighted by Gasteiger charge is 2.22. The minimum absolute atomic E-state index is 0.240. The SMILES string of the molecule is C[C@@H](NC(N)=O)c1ccc2nc(-c3ccc(Oc4cccc(OCC5CC5)c4)nc3)oc2c1. The molecule has 4 aromatic rings. The maximum atomic E-state index is 11.1. The summed E-state index contributed by atoms with van der Waals surface area (Å²) in [6.07, 6.45) is 4.16. The number of nitrogens with two attached hydrogens (primary N) is 1. The fourth-order valence-corrected chi connectivity index (χ4v) is 3.44. The highest BCUT2D eigenvalue weighted by atomic mass is 16.5. The van der Waals surface area contributed by atoms with Crippen LogP contribution in [0.3, 0.4) is 0 Å². The molecule has 0 bridgehead atoms. The van der Waals surface area contributed by atoms with Crippen LogP contribution in [0.4, 0.5) is 4.79 Å². The molecule has 2 aromatic heterocycles. The van der Waals surface area contributed by atoms with Crippen molar-refractivity contribution in [2.75, 3.05) is 6.61 Å². The van der Waals surface area contributed by atoms with Crippen molar-refractivity contribution in [2.45, 2.75) is 25.8 Å². The van der Waals surface area contributed by atoms with Crippen LogP contribution in [0, 0.1) is 5.92 Å². The number of nitrogens with zero attached hydrogens (tertiary/aromatic N) is 2. The van der Waals surface area contributed by atoms with E-state index in [-0.39, 0.29) is 6.04 Å². The standard InChI is InChI=1S/C25H24N4O4/c1-15(28-25(26)30)17-7-9-21-22(11-17)33-24(29-21)18-8-10-23(27-13-18)32-20-4-2-3-19(12-20)31-14-16-5-6-16/h2-4,7-13,15-16H,5-6,14H2,1H3,(H3,26,28,30)/t15-/m1/s1. The monoisotopic (exact) mass is 444 g/mol. The molecule has 1 fully saturated rings. The highest BCUT2D eigenvalue weighted by Crippen LogP contribution is 2.31. The lowest BCUT2D eigenvalue weighted by molar-refractivity contribution is 0.246. The Bertz CT molecular complexity index is 1280. The first-order valence-electron chi connectivity index (χ1n) is 10.9. The van der Waals surface area contributed by atoms with Gasteiger partial charge in [-0.1, -0.05) is 12.1 Å². The van der Waals surface area contributed by atoms with Crippen LogP contribution in [0.15, 0.2) is 65.2 Å². The van der Waals surface area contributed by atoms with Crippen LogP contribution in [0.2, 0.25) is 0 Å². The highest BCUT2D eigenvalue weighted by molar-refractivity contribution is 5.77. The molecule has 0 aliphatic heterocycles. The third kappa shape index (κ3) is 5.06. The Kier molecular flexibility index (Phi) is 5.56. The van der Waals surface area contributed by atoms with Gasteiger partial charge < -0.3 is 24.9 Å². The average molecular weight is 444 g/mol. The molecule has 0 unspecified atom stereocenters. The smallest absolute Gasteiger partial charge is 0.312 e. The molecule has 1 aliphatic carbocycles. The average Bonchev–Trinajstić information content (AvgIpc) is 3.54. The van der Waals surface area contributed by atoms with Gasteiger partial charge in [0.15, 0.2) is 5.58 Å². The molecule has 2 aromatic carbocycles. The second-order valence-electron chi connectivity index (χ2n) is 8.19. The lowest BCUT2D eigenvalue weighted by Crippen LogP contribution is -2.31. The molecule has 1 saturated carbocycles. The number of urea groups is 1. The molecule has 1 aliphatic rings. The van der Waals surface area contributed by atoms with Gasteiger partial charge in [-0.15, -0.1) is 0 Å². The molecular formula is C25H24N4O4. The number of amides is 2. The van der Waals surface area contributed by atoms with E-state index < -0.39 is 6.03 Å². The first kappa shape index (κ1) is 20.8. The number of fused-ring (bicyclic) bond motifs is 1. The van der Waals surface area contributed by atoms with Gasteiger partial charge in [0.1, 0.15) is 17.0 Å². The normalized spacial score (nSPS) is 14.1. The van der Waals surface area contributed by atoms with Gasteiger partial charge in [0.2, 0.25) is 11.8 Å². The van der Waals surface area contributed by atoms with Crippen molar-refractivity contribution in [1.82, 2.24) is 15.3 Å². The second kappa shape index (κ2) is 8.82. The number of hydrogen-bond acceptors (Lipinski definition) is 6. The second-order valence-corrected chi connectivity index (χ2v) is 8.19. The molecule has 5 rings (SSSR count). The zero-order valence-corrected chi connectivity index (χ0v) is 18.2.